The predicted octanol–water partition coefficient (Wildman–Crippen LogP) is 9.02. The van der Waals surface area contributed by atoms with Crippen molar-refractivity contribution in [3.63, 3.8) is 0 Å². The third kappa shape index (κ3) is 5.37. The summed E-state index contributed by atoms with van der Waals surface area (Å²) in [5.74, 6) is 0. The minimum atomic E-state index is -2.49. The zero-order valence-electron chi connectivity index (χ0n) is 30.5. The Balaban J connectivity index is 1.23. The Kier molecular flexibility index (Phi) is 8.23. The van der Waals surface area contributed by atoms with Crippen LogP contribution >= 0.6 is 11.5 Å². The van der Waals surface area contributed by atoms with Gasteiger partial charge < -0.3 is 0 Å². The average Bonchev–Trinajstić information content (AvgIpc) is 3.68. The van der Waals surface area contributed by atoms with Crippen LogP contribution in [0.15, 0.2) is 195 Å². The Morgan fingerprint density at radius 3 is 1.79 bits per heavy atom. The standard InChI is InChI=1S/C49H32N4P2SSe/c56-54(36-11-2-1-3-12-36,39-16-14-33-8-4-5-10-35(33)30-39)40-18-21-46-45(31-40)52-49-48-42-13-7-6-9-34(42)15-19-44(48)43-20-17-41(32-47(43)53(46)49)55(57,37-22-26-50-27-23-37)38-24-28-51-29-25-38/h1-32H. The number of imidazole rings is 1. The molecule has 8 heteroatoms. The van der Waals surface area contributed by atoms with E-state index in [1.807, 2.05) is 24.8 Å². The van der Waals surface area contributed by atoms with Gasteiger partial charge in [-0.15, -0.1) is 0 Å². The summed E-state index contributed by atoms with van der Waals surface area (Å²) in [4.78, 5) is 14.3. The molecule has 0 amide bonds. The molecule has 0 aliphatic carbocycles. The number of pyridine rings is 3. The van der Waals surface area contributed by atoms with Crippen molar-refractivity contribution in [3.8, 4) is 0 Å². The van der Waals surface area contributed by atoms with Gasteiger partial charge in [-0.05, 0) is 10.8 Å². The number of fused-ring (bicyclic) bond motifs is 11. The van der Waals surface area contributed by atoms with Crippen molar-refractivity contribution in [2.24, 2.45) is 0 Å². The first-order valence-electron chi connectivity index (χ1n) is 18.8. The molecule has 0 spiro atoms. The van der Waals surface area contributed by atoms with Crippen LogP contribution in [0.1, 0.15) is 0 Å². The summed E-state index contributed by atoms with van der Waals surface area (Å²) in [5.41, 5.74) is 1.82. The molecular weight excluding hydrogens is 818 g/mol. The number of aromatic nitrogens is 4. The third-order valence-electron chi connectivity index (χ3n) is 11.3. The summed E-state index contributed by atoms with van der Waals surface area (Å²) in [7, 11) is 0. The van der Waals surface area contributed by atoms with Crippen molar-refractivity contribution in [3.05, 3.63) is 195 Å². The van der Waals surface area contributed by atoms with Gasteiger partial charge in [-0.25, -0.2) is 0 Å². The molecule has 0 saturated heterocycles. The molecule has 11 aromatic rings. The number of nitrogens with zero attached hydrogens (tertiary/aromatic N) is 4. The van der Waals surface area contributed by atoms with Crippen molar-refractivity contribution in [1.29, 1.82) is 0 Å². The van der Waals surface area contributed by atoms with Crippen LogP contribution in [0.3, 0.4) is 0 Å². The van der Waals surface area contributed by atoms with Crippen molar-refractivity contribution < 1.29 is 0 Å². The molecule has 4 heterocycles. The molecule has 0 N–H and O–H groups in total. The van der Waals surface area contributed by atoms with Gasteiger partial charge in [-0.1, -0.05) is 48.5 Å². The van der Waals surface area contributed by atoms with Gasteiger partial charge in [0.25, 0.3) is 0 Å². The second-order valence-electron chi connectivity index (χ2n) is 14.4. The first kappa shape index (κ1) is 34.7. The normalized spacial score (nSPS) is 13.2. The van der Waals surface area contributed by atoms with Crippen molar-refractivity contribution in [2.75, 3.05) is 0 Å². The summed E-state index contributed by atoms with van der Waals surface area (Å²) in [5, 5.41) is 15.4. The molecule has 0 aliphatic heterocycles. The minimum absolute atomic E-state index is 0.929. The Hall–Kier alpha value is -5.57. The molecule has 4 nitrogen and oxygen atoms in total. The number of hydrogen-bond donors (Lipinski definition) is 0. The van der Waals surface area contributed by atoms with Crippen LogP contribution in [0.2, 0.25) is 0 Å². The Morgan fingerprint density at radius 2 is 1.04 bits per heavy atom. The molecule has 11 rings (SSSR count). The Labute approximate surface area is 342 Å². The fraction of sp³-hybridized carbons (Fsp3) is 0. The quantitative estimate of drug-likeness (QED) is 0.0953. The number of hydrogen-bond acceptors (Lipinski definition) is 4. The summed E-state index contributed by atoms with van der Waals surface area (Å²) in [6.45, 7) is 0. The number of benzene rings is 7. The van der Waals surface area contributed by atoms with Crippen LogP contribution in [0, 0.1) is 0 Å². The Bertz CT molecular complexity index is 3440. The fourth-order valence-electron chi connectivity index (χ4n) is 8.55. The van der Waals surface area contributed by atoms with E-state index < -0.39 is 11.5 Å². The van der Waals surface area contributed by atoms with E-state index in [1.165, 1.54) is 53.5 Å². The second-order valence-corrected chi connectivity index (χ2v) is 25.0. The maximum absolute atomic E-state index is 6.94. The van der Waals surface area contributed by atoms with E-state index in [2.05, 4.69) is 199 Å². The van der Waals surface area contributed by atoms with Crippen LogP contribution in [-0.4, -0.2) is 34.5 Å². The molecule has 1 unspecified atom stereocenters. The van der Waals surface area contributed by atoms with E-state index in [9.17, 15) is 0 Å². The van der Waals surface area contributed by atoms with Gasteiger partial charge in [0.15, 0.2) is 0 Å². The molecule has 0 bridgehead atoms. The summed E-state index contributed by atoms with van der Waals surface area (Å²) >= 11 is 10.7. The van der Waals surface area contributed by atoms with Crippen molar-refractivity contribution in [2.45, 2.75) is 0 Å². The molecule has 0 aliphatic rings. The fourth-order valence-corrected chi connectivity index (χ4v) is 17.1. The first-order chi connectivity index (χ1) is 28.0. The second kappa shape index (κ2) is 13.5. The predicted molar refractivity (Wildman–Crippen MR) is 249 cm³/mol. The van der Waals surface area contributed by atoms with E-state index in [1.54, 1.807) is 0 Å². The molecule has 0 fully saturated rings. The first-order valence-corrected chi connectivity index (χ1v) is 25.6. The molecular formula is C49H32N4P2SSe. The molecule has 57 heavy (non-hydrogen) atoms. The van der Waals surface area contributed by atoms with Crippen LogP contribution in [0.4, 0.5) is 0 Å². The summed E-state index contributed by atoms with van der Waals surface area (Å²) in [6.07, 6.45) is 7.54. The van der Waals surface area contributed by atoms with E-state index in [0.717, 1.165) is 38.2 Å². The van der Waals surface area contributed by atoms with Crippen LogP contribution < -0.4 is 31.8 Å². The van der Waals surface area contributed by atoms with Gasteiger partial charge in [0.1, 0.15) is 0 Å². The van der Waals surface area contributed by atoms with E-state index in [4.69, 9.17) is 16.8 Å². The van der Waals surface area contributed by atoms with Gasteiger partial charge in [-0.3, -0.25) is 0 Å². The van der Waals surface area contributed by atoms with Gasteiger partial charge in [0.2, 0.25) is 0 Å². The zero-order chi connectivity index (χ0) is 38.1. The van der Waals surface area contributed by atoms with Crippen LogP contribution in [0.25, 0.3) is 59.9 Å². The molecule has 270 valence electrons. The van der Waals surface area contributed by atoms with E-state index in [0.29, 0.717) is 0 Å². The Morgan fingerprint density at radius 1 is 0.439 bits per heavy atom. The van der Waals surface area contributed by atoms with Gasteiger partial charge in [-0.2, -0.15) is 0 Å². The summed E-state index contributed by atoms with van der Waals surface area (Å²) < 4.78 is 2.39. The third-order valence-corrected chi connectivity index (χ3v) is 23.3. The molecule has 0 saturated carbocycles. The monoisotopic (exact) mass is 850 g/mol. The average molecular weight is 850 g/mol. The number of rotatable bonds is 6. The molecule has 4 aromatic heterocycles. The van der Waals surface area contributed by atoms with Crippen LogP contribution in [0.5, 0.6) is 0 Å². The molecule has 1 atom stereocenters. The van der Waals surface area contributed by atoms with E-state index in [-0.39, 0.29) is 0 Å². The van der Waals surface area contributed by atoms with Crippen molar-refractivity contribution in [1.82, 2.24) is 19.4 Å². The van der Waals surface area contributed by atoms with Gasteiger partial charge in [0.05, 0.1) is 0 Å². The maximum atomic E-state index is 6.94. The zero-order valence-corrected chi connectivity index (χ0v) is 34.8. The molecule has 7 aromatic carbocycles. The van der Waals surface area contributed by atoms with E-state index >= 15 is 0 Å². The topological polar surface area (TPSA) is 43.1 Å². The van der Waals surface area contributed by atoms with Crippen LogP contribution in [-0.2, 0) is 11.8 Å². The SMILES string of the molecule is S=P(c1ccccc1)(c1ccc2ccccc2c1)c1ccc2c(c1)nc1c3c4ccccc4ccc3c3ccc(P(=[Se])(c4ccncc4)c4ccncc4)cc3n21. The van der Waals surface area contributed by atoms with Crippen molar-refractivity contribution >= 4 is 130 Å². The van der Waals surface area contributed by atoms with Gasteiger partial charge >= 0.3 is 285 Å². The summed E-state index contributed by atoms with van der Waals surface area (Å²) in [6, 6.07) is 59.0. The van der Waals surface area contributed by atoms with Gasteiger partial charge in [0, 0.05) is 0 Å². The molecule has 0 radical (unpaired) electrons.